The van der Waals surface area contributed by atoms with E-state index in [0.29, 0.717) is 37.9 Å². The van der Waals surface area contributed by atoms with E-state index < -0.39 is 16.7 Å². The minimum Gasteiger partial charge on any atom is -0.447 e. The fourth-order valence-electron chi connectivity index (χ4n) is 3.47. The predicted octanol–water partition coefficient (Wildman–Crippen LogP) is 2.50. The highest BCUT2D eigenvalue weighted by atomic mass is 16.7. The first kappa shape index (κ1) is 22.8. The van der Waals surface area contributed by atoms with Gasteiger partial charge in [0.15, 0.2) is 0 Å². The number of H-pyrrole nitrogens is 1. The highest BCUT2D eigenvalue weighted by Gasteiger charge is 2.33. The largest absolute Gasteiger partial charge is 0.447 e. The fraction of sp³-hybridized carbons (Fsp3) is 0.619. The van der Waals surface area contributed by atoms with Gasteiger partial charge in [0, 0.05) is 19.2 Å². The highest BCUT2D eigenvalue weighted by Crippen LogP contribution is 2.23. The van der Waals surface area contributed by atoms with Gasteiger partial charge in [-0.1, -0.05) is 13.3 Å². The van der Waals surface area contributed by atoms with Crippen molar-refractivity contribution in [3.05, 3.63) is 32.4 Å². The number of aromatic nitrogens is 2. The Hall–Kier alpha value is -2.88. The van der Waals surface area contributed by atoms with Gasteiger partial charge in [-0.2, -0.15) is 4.98 Å². The number of nitrogens with zero attached hydrogens (tertiary/aromatic N) is 2. The number of amides is 1. The number of likely N-dealkylation sites (tertiary alicyclic amines) is 1. The summed E-state index contributed by atoms with van der Waals surface area (Å²) in [6.07, 6.45) is 3.12. The molecule has 0 unspecified atom stereocenters. The van der Waals surface area contributed by atoms with Crippen molar-refractivity contribution < 1.29 is 18.8 Å². The second-order valence-electron chi connectivity index (χ2n) is 8.43. The van der Waals surface area contributed by atoms with Crippen LogP contribution in [0.15, 0.2) is 20.1 Å². The van der Waals surface area contributed by atoms with E-state index in [4.69, 9.17) is 14.0 Å². The quantitative estimate of drug-likeness (QED) is 0.637. The van der Waals surface area contributed by atoms with E-state index in [0.717, 1.165) is 12.8 Å². The number of ether oxygens (including phenoxy) is 1. The second-order valence-corrected chi connectivity index (χ2v) is 8.43. The molecule has 170 valence electrons. The van der Waals surface area contributed by atoms with E-state index in [1.54, 1.807) is 4.90 Å². The zero-order valence-electron chi connectivity index (χ0n) is 18.4. The van der Waals surface area contributed by atoms with E-state index >= 15 is 0 Å². The van der Waals surface area contributed by atoms with E-state index in [-0.39, 0.29) is 29.3 Å². The summed E-state index contributed by atoms with van der Waals surface area (Å²) in [7, 11) is 0. The summed E-state index contributed by atoms with van der Waals surface area (Å²) in [6, 6.07) is 1.25. The van der Waals surface area contributed by atoms with Crippen LogP contribution in [0.25, 0.3) is 11.1 Å². The number of piperidine rings is 1. The summed E-state index contributed by atoms with van der Waals surface area (Å²) in [6.45, 7) is 8.64. The molecule has 2 N–H and O–H groups in total. The molecule has 31 heavy (non-hydrogen) atoms. The molecule has 0 atom stereocenters. The van der Waals surface area contributed by atoms with Crippen molar-refractivity contribution in [2.75, 3.05) is 13.1 Å². The number of aromatic amines is 1. The predicted molar refractivity (Wildman–Crippen MR) is 114 cm³/mol. The number of hydroxylamine groups is 1. The van der Waals surface area contributed by atoms with Crippen LogP contribution in [0.5, 0.6) is 6.01 Å². The Balaban J connectivity index is 1.69. The molecule has 1 aliphatic heterocycles. The monoisotopic (exact) mass is 434 g/mol. The second kappa shape index (κ2) is 9.51. The summed E-state index contributed by atoms with van der Waals surface area (Å²) in [5.41, 5.74) is 2.10. The molecule has 10 heteroatoms. The van der Waals surface area contributed by atoms with Crippen LogP contribution in [0.4, 0.5) is 4.79 Å². The molecule has 10 nitrogen and oxygen atoms in total. The number of rotatable bonds is 7. The molecule has 0 radical (unpaired) electrons. The van der Waals surface area contributed by atoms with Crippen LogP contribution in [0.3, 0.4) is 0 Å². The van der Waals surface area contributed by atoms with Gasteiger partial charge in [0.2, 0.25) is 5.71 Å². The van der Waals surface area contributed by atoms with Gasteiger partial charge in [0.25, 0.3) is 5.56 Å². The van der Waals surface area contributed by atoms with Crippen molar-refractivity contribution >= 4 is 17.2 Å². The third-order valence-corrected chi connectivity index (χ3v) is 5.33. The molecule has 0 spiro atoms. The lowest BCUT2D eigenvalue weighted by molar-refractivity contribution is 0.0250. The van der Waals surface area contributed by atoms with E-state index in [9.17, 15) is 14.4 Å². The van der Waals surface area contributed by atoms with Crippen LogP contribution in [-0.2, 0) is 11.2 Å². The van der Waals surface area contributed by atoms with Gasteiger partial charge in [0.1, 0.15) is 5.39 Å². The zero-order chi connectivity index (χ0) is 22.6. The Morgan fingerprint density at radius 2 is 2.06 bits per heavy atom. The zero-order valence-corrected chi connectivity index (χ0v) is 18.4. The van der Waals surface area contributed by atoms with Crippen LogP contribution in [0.1, 0.15) is 58.9 Å². The van der Waals surface area contributed by atoms with Crippen molar-refractivity contribution in [2.45, 2.75) is 71.4 Å². The number of carbonyl (C=O) groups is 1. The lowest BCUT2D eigenvalue weighted by Crippen LogP contribution is -2.54. The fourth-order valence-corrected chi connectivity index (χ4v) is 3.47. The third-order valence-electron chi connectivity index (χ3n) is 5.33. The number of fused-ring (bicyclic) bond motifs is 1. The molecule has 2 aromatic heterocycles. The molecule has 0 aliphatic carbocycles. The van der Waals surface area contributed by atoms with Gasteiger partial charge < -0.3 is 18.9 Å². The summed E-state index contributed by atoms with van der Waals surface area (Å²) < 4.78 is 10.4. The summed E-state index contributed by atoms with van der Waals surface area (Å²) >= 11 is 0. The van der Waals surface area contributed by atoms with Gasteiger partial charge in [-0.15, -0.1) is 5.48 Å². The molecule has 3 heterocycles. The van der Waals surface area contributed by atoms with Crippen molar-refractivity contribution in [2.24, 2.45) is 0 Å². The maximum absolute atomic E-state index is 12.6. The third kappa shape index (κ3) is 5.63. The van der Waals surface area contributed by atoms with Crippen LogP contribution in [-0.4, -0.2) is 45.7 Å². The number of aryl methyl sites for hydroxylation is 1. The van der Waals surface area contributed by atoms with E-state index in [2.05, 4.69) is 15.4 Å². The molecule has 1 fully saturated rings. The summed E-state index contributed by atoms with van der Waals surface area (Å²) in [4.78, 5) is 50.5. The molecule has 0 aromatic carbocycles. The van der Waals surface area contributed by atoms with Crippen molar-refractivity contribution in [1.82, 2.24) is 20.3 Å². The maximum Gasteiger partial charge on any atom is 0.410 e. The minimum atomic E-state index is -0.553. The standard InChI is InChI=1S/C21H30N4O6/c1-5-6-7-14-12-15(26)30-18-16(14)17(27)22-19(23-18)31-24-21(4)8-10-25(11-9-21)20(28)29-13(2)3/h12-13,24H,5-11H2,1-4H3,(H,22,23,27). The van der Waals surface area contributed by atoms with Gasteiger partial charge in [-0.25, -0.2) is 9.59 Å². The molecule has 0 bridgehead atoms. The number of hydrogen-bond acceptors (Lipinski definition) is 8. The first-order chi connectivity index (χ1) is 14.7. The van der Waals surface area contributed by atoms with Crippen molar-refractivity contribution in [1.29, 1.82) is 0 Å². The molecule has 3 rings (SSSR count). The van der Waals surface area contributed by atoms with Crippen LogP contribution < -0.4 is 21.5 Å². The highest BCUT2D eigenvalue weighted by molar-refractivity contribution is 5.75. The molecular weight excluding hydrogens is 404 g/mol. The topological polar surface area (TPSA) is 127 Å². The minimum absolute atomic E-state index is 0.0458. The first-order valence-electron chi connectivity index (χ1n) is 10.7. The lowest BCUT2D eigenvalue weighted by atomic mass is 9.91. The van der Waals surface area contributed by atoms with Crippen molar-refractivity contribution in [3.8, 4) is 6.01 Å². The Bertz CT molecular complexity index is 1040. The molecule has 0 saturated carbocycles. The Morgan fingerprint density at radius 3 is 2.71 bits per heavy atom. The first-order valence-corrected chi connectivity index (χ1v) is 10.7. The Labute approximate surface area is 179 Å². The number of carbonyl (C=O) groups excluding carboxylic acids is 1. The van der Waals surface area contributed by atoms with E-state index in [1.807, 2.05) is 27.7 Å². The number of unbranched alkanes of at least 4 members (excludes halogenated alkanes) is 1. The summed E-state index contributed by atoms with van der Waals surface area (Å²) in [5, 5.41) is 0.267. The van der Waals surface area contributed by atoms with Crippen LogP contribution >= 0.6 is 0 Å². The number of nitrogens with one attached hydrogen (secondary N) is 2. The summed E-state index contributed by atoms with van der Waals surface area (Å²) in [5.74, 6) is 0. The molecule has 1 aliphatic rings. The molecular formula is C21H30N4O6. The van der Waals surface area contributed by atoms with Gasteiger partial charge >= 0.3 is 17.7 Å². The number of hydrogen-bond donors (Lipinski definition) is 2. The van der Waals surface area contributed by atoms with Crippen LogP contribution in [0, 0.1) is 0 Å². The lowest BCUT2D eigenvalue weighted by Gasteiger charge is -2.38. The average Bonchev–Trinajstić information content (AvgIpc) is 2.70. The normalized spacial score (nSPS) is 16.0. The average molecular weight is 434 g/mol. The van der Waals surface area contributed by atoms with E-state index in [1.165, 1.54) is 6.07 Å². The van der Waals surface area contributed by atoms with Gasteiger partial charge in [0.05, 0.1) is 11.6 Å². The van der Waals surface area contributed by atoms with Crippen molar-refractivity contribution in [3.63, 3.8) is 0 Å². The van der Waals surface area contributed by atoms with Gasteiger partial charge in [-0.05, 0) is 52.0 Å². The SMILES string of the molecule is CCCCc1cc(=O)oc2nc(ONC3(C)CCN(C(=O)OC(C)C)CC3)[nH]c(=O)c12. The van der Waals surface area contributed by atoms with Gasteiger partial charge in [-0.3, -0.25) is 9.78 Å². The maximum atomic E-state index is 12.6. The Kier molecular flexibility index (Phi) is 6.99. The molecule has 2 aromatic rings. The Morgan fingerprint density at radius 1 is 1.35 bits per heavy atom. The smallest absolute Gasteiger partial charge is 0.410 e. The van der Waals surface area contributed by atoms with Crippen LogP contribution in [0.2, 0.25) is 0 Å². The molecule has 1 amide bonds. The molecule has 1 saturated heterocycles.